The molecule has 4 aliphatic rings. The molecule has 164 valence electrons. The molecule has 1 N–H and O–H groups in total. The van der Waals surface area contributed by atoms with Crippen molar-refractivity contribution >= 4 is 23.5 Å². The third-order valence-corrected chi connectivity index (χ3v) is 6.59. The highest BCUT2D eigenvalue weighted by atomic mass is 19.4. The quantitative estimate of drug-likeness (QED) is 0.765. The molecule has 2 atom stereocenters. The van der Waals surface area contributed by atoms with E-state index in [0.717, 1.165) is 60.2 Å². The van der Waals surface area contributed by atoms with E-state index >= 15 is 0 Å². The fraction of sp³-hybridized carbons (Fsp3) is 0.522. The van der Waals surface area contributed by atoms with Crippen molar-refractivity contribution < 1.29 is 22.8 Å². The fourth-order valence-corrected chi connectivity index (χ4v) is 4.99. The molecule has 0 spiro atoms. The summed E-state index contributed by atoms with van der Waals surface area (Å²) in [7, 11) is 0. The predicted octanol–water partition coefficient (Wildman–Crippen LogP) is 4.06. The molecule has 2 unspecified atom stereocenters. The van der Waals surface area contributed by atoms with Crippen LogP contribution in [0.2, 0.25) is 0 Å². The molecule has 8 heteroatoms. The summed E-state index contributed by atoms with van der Waals surface area (Å²) in [5, 5.41) is 2.01. The first-order chi connectivity index (χ1) is 14.8. The SMILES string of the molecule is O=C(Cc1cc(C2=CC3CCC(C2)N3C(=O)NCC(F)(F)F)c2c(n1)CC=C2)C1CC1. The van der Waals surface area contributed by atoms with Crippen LogP contribution in [0.5, 0.6) is 0 Å². The average Bonchev–Trinajstić information content (AvgIpc) is 3.41. The summed E-state index contributed by atoms with van der Waals surface area (Å²) in [5.74, 6) is 0.430. The monoisotopic (exact) mass is 431 g/mol. The Morgan fingerprint density at radius 1 is 1.19 bits per heavy atom. The zero-order valence-electron chi connectivity index (χ0n) is 17.0. The van der Waals surface area contributed by atoms with Crippen LogP contribution in [-0.2, 0) is 17.6 Å². The van der Waals surface area contributed by atoms with E-state index < -0.39 is 18.8 Å². The van der Waals surface area contributed by atoms with E-state index in [9.17, 15) is 22.8 Å². The lowest BCUT2D eigenvalue weighted by Gasteiger charge is -2.34. The highest BCUT2D eigenvalue weighted by Crippen LogP contribution is 2.41. The minimum Gasteiger partial charge on any atom is -0.329 e. The molecule has 5 nitrogen and oxygen atoms in total. The molecule has 5 rings (SSSR count). The third-order valence-electron chi connectivity index (χ3n) is 6.59. The number of nitrogens with zero attached hydrogens (tertiary/aromatic N) is 2. The molecule has 31 heavy (non-hydrogen) atoms. The number of Topliss-reactive ketones (excluding diaryl/α,β-unsaturated/α-hetero) is 1. The van der Waals surface area contributed by atoms with Crippen molar-refractivity contribution in [1.82, 2.24) is 15.2 Å². The van der Waals surface area contributed by atoms with Crippen molar-refractivity contribution in [3.63, 3.8) is 0 Å². The van der Waals surface area contributed by atoms with Crippen LogP contribution in [0, 0.1) is 5.92 Å². The highest BCUT2D eigenvalue weighted by Gasteiger charge is 2.41. The van der Waals surface area contributed by atoms with Gasteiger partial charge in [-0.1, -0.05) is 18.2 Å². The topological polar surface area (TPSA) is 62.3 Å². The molecule has 1 aromatic rings. The smallest absolute Gasteiger partial charge is 0.329 e. The van der Waals surface area contributed by atoms with Gasteiger partial charge in [-0.05, 0) is 49.3 Å². The number of hydrogen-bond donors (Lipinski definition) is 1. The van der Waals surface area contributed by atoms with Crippen molar-refractivity contribution in [1.29, 1.82) is 0 Å². The highest BCUT2D eigenvalue weighted by molar-refractivity contribution is 5.86. The number of aromatic nitrogens is 1. The number of fused-ring (bicyclic) bond motifs is 3. The maximum atomic E-state index is 12.5. The van der Waals surface area contributed by atoms with Gasteiger partial charge in [-0.2, -0.15) is 13.2 Å². The number of amides is 2. The Bertz CT molecular complexity index is 995. The van der Waals surface area contributed by atoms with E-state index in [1.54, 1.807) is 4.90 Å². The van der Waals surface area contributed by atoms with Crippen LogP contribution in [0.15, 0.2) is 18.2 Å². The van der Waals surface area contributed by atoms with Crippen LogP contribution < -0.4 is 5.32 Å². The van der Waals surface area contributed by atoms with Crippen molar-refractivity contribution in [2.24, 2.45) is 5.92 Å². The van der Waals surface area contributed by atoms with Gasteiger partial charge in [0, 0.05) is 36.1 Å². The molecule has 1 aromatic heterocycles. The van der Waals surface area contributed by atoms with Crippen LogP contribution in [0.4, 0.5) is 18.0 Å². The summed E-state index contributed by atoms with van der Waals surface area (Å²) < 4.78 is 37.5. The van der Waals surface area contributed by atoms with E-state index in [2.05, 4.69) is 12.2 Å². The lowest BCUT2D eigenvalue weighted by atomic mass is 9.90. The number of ketones is 1. The average molecular weight is 431 g/mol. The van der Waals surface area contributed by atoms with E-state index in [0.29, 0.717) is 12.8 Å². The summed E-state index contributed by atoms with van der Waals surface area (Å²) in [4.78, 5) is 31.0. The van der Waals surface area contributed by atoms with Gasteiger partial charge in [0.05, 0.1) is 11.7 Å². The lowest BCUT2D eigenvalue weighted by Crippen LogP contribution is -2.50. The fourth-order valence-electron chi connectivity index (χ4n) is 4.99. The summed E-state index contributed by atoms with van der Waals surface area (Å²) >= 11 is 0. The maximum absolute atomic E-state index is 12.5. The van der Waals surface area contributed by atoms with Crippen LogP contribution >= 0.6 is 0 Å². The van der Waals surface area contributed by atoms with Gasteiger partial charge < -0.3 is 10.2 Å². The number of rotatable bonds is 5. The van der Waals surface area contributed by atoms with Crippen LogP contribution in [0.3, 0.4) is 0 Å². The molecule has 2 bridgehead atoms. The Hall–Kier alpha value is -2.64. The van der Waals surface area contributed by atoms with Crippen LogP contribution in [0.1, 0.15) is 54.6 Å². The van der Waals surface area contributed by atoms with Crippen molar-refractivity contribution in [2.75, 3.05) is 6.54 Å². The molecule has 2 fully saturated rings. The number of nitrogens with one attached hydrogen (secondary N) is 1. The van der Waals surface area contributed by atoms with Crippen LogP contribution in [-0.4, -0.2) is 46.5 Å². The van der Waals surface area contributed by atoms with Crippen molar-refractivity contribution in [3.8, 4) is 0 Å². The normalized spacial score (nSPS) is 24.2. The van der Waals surface area contributed by atoms with E-state index in [-0.39, 0.29) is 23.8 Å². The van der Waals surface area contributed by atoms with Gasteiger partial charge in [0.15, 0.2) is 0 Å². The van der Waals surface area contributed by atoms with Gasteiger partial charge in [0.25, 0.3) is 0 Å². The zero-order chi connectivity index (χ0) is 21.8. The van der Waals surface area contributed by atoms with Gasteiger partial charge in [-0.3, -0.25) is 9.78 Å². The zero-order valence-corrected chi connectivity index (χ0v) is 17.0. The summed E-state index contributed by atoms with van der Waals surface area (Å²) in [5.41, 5.74) is 4.95. The molecule has 0 aromatic carbocycles. The Kier molecular flexibility index (Phi) is 4.90. The largest absolute Gasteiger partial charge is 0.405 e. The molecule has 1 saturated carbocycles. The second kappa shape index (κ2) is 7.50. The van der Waals surface area contributed by atoms with E-state index in [1.165, 1.54) is 0 Å². The van der Waals surface area contributed by atoms with Gasteiger partial charge in [-0.15, -0.1) is 0 Å². The first kappa shape index (κ1) is 20.3. The molecular weight excluding hydrogens is 407 g/mol. The minimum absolute atomic E-state index is 0.121. The number of hydrogen-bond acceptors (Lipinski definition) is 3. The molecular formula is C23H24F3N3O2. The lowest BCUT2D eigenvalue weighted by molar-refractivity contribution is -0.123. The standard InChI is InChI=1S/C23H24F3N3O2/c24-23(25,26)12-27-22(31)29-16-6-7-17(29)9-14(8-16)19-10-15(11-21(30)13-4-5-13)28-20-3-1-2-18(19)20/h1-2,8,10,13,16-17H,3-7,9,11-12H2,(H,27,31). The number of pyridine rings is 1. The van der Waals surface area contributed by atoms with E-state index in [1.807, 2.05) is 17.5 Å². The van der Waals surface area contributed by atoms with E-state index in [4.69, 9.17) is 4.98 Å². The second-order valence-corrected chi connectivity index (χ2v) is 8.92. The third kappa shape index (κ3) is 4.12. The number of urea groups is 1. The molecule has 2 aliphatic heterocycles. The Morgan fingerprint density at radius 2 is 2.00 bits per heavy atom. The number of carbonyl (C=O) groups excluding carboxylic acids is 2. The summed E-state index contributed by atoms with van der Waals surface area (Å²) in [6.45, 7) is -1.32. The van der Waals surface area contributed by atoms with Crippen molar-refractivity contribution in [3.05, 3.63) is 40.7 Å². The molecule has 1 saturated heterocycles. The minimum atomic E-state index is -4.43. The molecule has 3 heterocycles. The Morgan fingerprint density at radius 3 is 2.71 bits per heavy atom. The maximum Gasteiger partial charge on any atom is 0.405 e. The molecule has 2 aliphatic carbocycles. The first-order valence-corrected chi connectivity index (χ1v) is 10.8. The summed E-state index contributed by atoms with van der Waals surface area (Å²) in [6.07, 6.45) is 6.82. The number of carbonyl (C=O) groups is 2. The number of allylic oxidation sites excluding steroid dienone is 1. The van der Waals surface area contributed by atoms with Crippen molar-refractivity contribution in [2.45, 2.75) is 63.2 Å². The van der Waals surface area contributed by atoms with Gasteiger partial charge >= 0.3 is 12.2 Å². The van der Waals surface area contributed by atoms with Gasteiger partial charge in [0.1, 0.15) is 12.3 Å². The Labute approximate surface area is 178 Å². The molecule has 0 radical (unpaired) electrons. The van der Waals surface area contributed by atoms with Gasteiger partial charge in [-0.25, -0.2) is 4.79 Å². The summed E-state index contributed by atoms with van der Waals surface area (Å²) in [6, 6.07) is 1.01. The second-order valence-electron chi connectivity index (χ2n) is 8.92. The molecule has 2 amide bonds. The van der Waals surface area contributed by atoms with Crippen LogP contribution in [0.25, 0.3) is 11.6 Å². The number of halogens is 3. The Balaban J connectivity index is 1.39. The first-order valence-electron chi connectivity index (χ1n) is 10.8. The number of alkyl halides is 3. The van der Waals surface area contributed by atoms with Gasteiger partial charge in [0.2, 0.25) is 0 Å². The predicted molar refractivity (Wildman–Crippen MR) is 109 cm³/mol.